The molecule has 1 amide bonds. The SMILES string of the molecule is Cc1[nH]ncc1C(=O)N1CCC[C@@]2(CC=CCC2)C1. The molecule has 1 aromatic heterocycles. The molecule has 2 heterocycles. The van der Waals surface area contributed by atoms with E-state index in [0.29, 0.717) is 5.41 Å². The van der Waals surface area contributed by atoms with Crippen LogP contribution in [0.1, 0.15) is 48.2 Å². The summed E-state index contributed by atoms with van der Waals surface area (Å²) < 4.78 is 0. The van der Waals surface area contributed by atoms with Crippen LogP contribution < -0.4 is 0 Å². The Labute approximate surface area is 113 Å². The van der Waals surface area contributed by atoms with Gasteiger partial charge in [0.25, 0.3) is 5.91 Å². The Morgan fingerprint density at radius 3 is 3.00 bits per heavy atom. The number of hydrogen-bond donors (Lipinski definition) is 1. The van der Waals surface area contributed by atoms with E-state index in [1.165, 1.54) is 12.8 Å². The number of nitrogens with one attached hydrogen (secondary N) is 1. The zero-order valence-corrected chi connectivity index (χ0v) is 11.5. The topological polar surface area (TPSA) is 49.0 Å². The Hall–Kier alpha value is -1.58. The molecule has 0 unspecified atom stereocenters. The Balaban J connectivity index is 1.77. The molecule has 1 saturated heterocycles. The molecule has 3 rings (SSSR count). The van der Waals surface area contributed by atoms with Crippen molar-refractivity contribution >= 4 is 5.91 Å². The van der Waals surface area contributed by atoms with E-state index in [1.807, 2.05) is 11.8 Å². The van der Waals surface area contributed by atoms with Crippen molar-refractivity contribution < 1.29 is 4.79 Å². The van der Waals surface area contributed by atoms with Crippen LogP contribution in [0.25, 0.3) is 0 Å². The molecule has 1 N–H and O–H groups in total. The van der Waals surface area contributed by atoms with Gasteiger partial charge in [-0.25, -0.2) is 0 Å². The molecule has 0 bridgehead atoms. The van der Waals surface area contributed by atoms with Crippen molar-refractivity contribution in [2.24, 2.45) is 5.41 Å². The third-order valence-electron chi connectivity index (χ3n) is 4.57. The summed E-state index contributed by atoms with van der Waals surface area (Å²) >= 11 is 0. The van der Waals surface area contributed by atoms with Gasteiger partial charge in [-0.2, -0.15) is 5.10 Å². The van der Waals surface area contributed by atoms with Gasteiger partial charge in [0, 0.05) is 18.8 Å². The molecular weight excluding hydrogens is 238 g/mol. The summed E-state index contributed by atoms with van der Waals surface area (Å²) in [5.41, 5.74) is 1.93. The quantitative estimate of drug-likeness (QED) is 0.788. The number of aromatic nitrogens is 2. The number of H-pyrrole nitrogens is 1. The third-order valence-corrected chi connectivity index (χ3v) is 4.57. The monoisotopic (exact) mass is 259 g/mol. The highest BCUT2D eigenvalue weighted by Crippen LogP contribution is 2.41. The molecule has 1 spiro atoms. The normalized spacial score (nSPS) is 26.9. The number of aryl methyl sites for hydroxylation is 1. The van der Waals surface area contributed by atoms with Crippen molar-refractivity contribution in [1.29, 1.82) is 0 Å². The number of piperidine rings is 1. The number of hydrogen-bond acceptors (Lipinski definition) is 2. The molecule has 0 radical (unpaired) electrons. The largest absolute Gasteiger partial charge is 0.338 e. The van der Waals surface area contributed by atoms with Crippen molar-refractivity contribution in [3.05, 3.63) is 29.6 Å². The predicted molar refractivity (Wildman–Crippen MR) is 73.9 cm³/mol. The Kier molecular flexibility index (Phi) is 3.17. The van der Waals surface area contributed by atoms with E-state index in [-0.39, 0.29) is 5.91 Å². The van der Waals surface area contributed by atoms with Gasteiger partial charge in [0.2, 0.25) is 0 Å². The fraction of sp³-hybridized carbons (Fsp3) is 0.600. The molecule has 1 fully saturated rings. The summed E-state index contributed by atoms with van der Waals surface area (Å²) in [7, 11) is 0. The molecule has 1 aliphatic heterocycles. The average Bonchev–Trinajstić information content (AvgIpc) is 2.85. The first-order valence-corrected chi connectivity index (χ1v) is 7.14. The van der Waals surface area contributed by atoms with E-state index in [2.05, 4.69) is 22.3 Å². The lowest BCUT2D eigenvalue weighted by Gasteiger charge is -2.43. The number of likely N-dealkylation sites (tertiary alicyclic amines) is 1. The Morgan fingerprint density at radius 2 is 2.32 bits per heavy atom. The fourth-order valence-electron chi connectivity index (χ4n) is 3.43. The number of carbonyl (C=O) groups excluding carboxylic acids is 1. The first-order chi connectivity index (χ1) is 9.20. The van der Waals surface area contributed by atoms with Crippen molar-refractivity contribution in [1.82, 2.24) is 15.1 Å². The highest BCUT2D eigenvalue weighted by atomic mass is 16.2. The number of nitrogens with zero attached hydrogens (tertiary/aromatic N) is 2. The van der Waals surface area contributed by atoms with Crippen LogP contribution in [-0.4, -0.2) is 34.1 Å². The third kappa shape index (κ3) is 2.31. The lowest BCUT2D eigenvalue weighted by atomic mass is 9.71. The van der Waals surface area contributed by atoms with Crippen molar-refractivity contribution in [3.63, 3.8) is 0 Å². The number of carbonyl (C=O) groups is 1. The number of allylic oxidation sites excluding steroid dienone is 2. The van der Waals surface area contributed by atoms with E-state index in [0.717, 1.165) is 43.6 Å². The molecule has 0 saturated carbocycles. The summed E-state index contributed by atoms with van der Waals surface area (Å²) in [6.07, 6.45) is 12.1. The minimum atomic E-state index is 0.139. The molecule has 0 aromatic carbocycles. The second-order valence-corrected chi connectivity index (χ2v) is 5.95. The van der Waals surface area contributed by atoms with Gasteiger partial charge in [-0.15, -0.1) is 0 Å². The van der Waals surface area contributed by atoms with E-state index < -0.39 is 0 Å². The standard InChI is InChI=1S/C15H21N3O/c1-12-13(10-16-17-12)14(19)18-9-5-8-15(11-18)6-3-2-4-7-15/h2-3,10H,4-9,11H2,1H3,(H,16,17)/t15-/m0/s1. The lowest BCUT2D eigenvalue weighted by molar-refractivity contribution is 0.0484. The van der Waals surface area contributed by atoms with Gasteiger partial charge in [-0.3, -0.25) is 9.89 Å². The van der Waals surface area contributed by atoms with E-state index >= 15 is 0 Å². The van der Waals surface area contributed by atoms with Gasteiger partial charge in [-0.05, 0) is 44.4 Å². The molecule has 1 aliphatic carbocycles. The van der Waals surface area contributed by atoms with Gasteiger partial charge in [0.05, 0.1) is 11.8 Å². The number of aromatic amines is 1. The summed E-state index contributed by atoms with van der Waals surface area (Å²) in [4.78, 5) is 14.6. The smallest absolute Gasteiger partial charge is 0.257 e. The number of rotatable bonds is 1. The lowest BCUT2D eigenvalue weighted by Crippen LogP contribution is -2.46. The maximum atomic E-state index is 12.6. The van der Waals surface area contributed by atoms with Crippen LogP contribution in [0.3, 0.4) is 0 Å². The molecule has 1 atom stereocenters. The van der Waals surface area contributed by atoms with Crippen LogP contribution in [0.15, 0.2) is 18.3 Å². The number of amides is 1. The predicted octanol–water partition coefficient (Wildman–Crippen LogP) is 2.68. The Bertz CT molecular complexity index is 505. The van der Waals surface area contributed by atoms with E-state index in [1.54, 1.807) is 6.20 Å². The maximum Gasteiger partial charge on any atom is 0.257 e. The van der Waals surface area contributed by atoms with Crippen molar-refractivity contribution in [2.75, 3.05) is 13.1 Å². The molecule has 102 valence electrons. The zero-order chi connectivity index (χ0) is 13.3. The van der Waals surface area contributed by atoms with Crippen LogP contribution in [0, 0.1) is 12.3 Å². The zero-order valence-electron chi connectivity index (χ0n) is 11.5. The van der Waals surface area contributed by atoms with Crippen LogP contribution in [0.5, 0.6) is 0 Å². The highest BCUT2D eigenvalue weighted by Gasteiger charge is 2.37. The van der Waals surface area contributed by atoms with E-state index in [4.69, 9.17) is 0 Å². The highest BCUT2D eigenvalue weighted by molar-refractivity contribution is 5.95. The van der Waals surface area contributed by atoms with Crippen LogP contribution in [-0.2, 0) is 0 Å². The first-order valence-electron chi connectivity index (χ1n) is 7.14. The minimum absolute atomic E-state index is 0.139. The molecule has 1 aromatic rings. The van der Waals surface area contributed by atoms with Crippen molar-refractivity contribution in [2.45, 2.75) is 39.0 Å². The summed E-state index contributed by atoms with van der Waals surface area (Å²) in [5.74, 6) is 0.139. The van der Waals surface area contributed by atoms with Crippen LogP contribution in [0.2, 0.25) is 0 Å². The van der Waals surface area contributed by atoms with E-state index in [9.17, 15) is 4.79 Å². The second-order valence-electron chi connectivity index (χ2n) is 5.95. The summed E-state index contributed by atoms with van der Waals surface area (Å²) in [6, 6.07) is 0. The summed E-state index contributed by atoms with van der Waals surface area (Å²) in [6.45, 7) is 3.69. The summed E-state index contributed by atoms with van der Waals surface area (Å²) in [5, 5.41) is 6.81. The average molecular weight is 259 g/mol. The van der Waals surface area contributed by atoms with Gasteiger partial charge in [-0.1, -0.05) is 12.2 Å². The van der Waals surface area contributed by atoms with Crippen molar-refractivity contribution in [3.8, 4) is 0 Å². The van der Waals surface area contributed by atoms with Gasteiger partial charge < -0.3 is 4.90 Å². The molecule has 4 nitrogen and oxygen atoms in total. The van der Waals surface area contributed by atoms with Crippen LogP contribution >= 0.6 is 0 Å². The van der Waals surface area contributed by atoms with Gasteiger partial charge in [0.15, 0.2) is 0 Å². The minimum Gasteiger partial charge on any atom is -0.338 e. The van der Waals surface area contributed by atoms with Gasteiger partial charge in [0.1, 0.15) is 0 Å². The molecule has 4 heteroatoms. The van der Waals surface area contributed by atoms with Crippen LogP contribution in [0.4, 0.5) is 0 Å². The fourth-order valence-corrected chi connectivity index (χ4v) is 3.43. The second kappa shape index (κ2) is 4.83. The maximum absolute atomic E-state index is 12.6. The van der Waals surface area contributed by atoms with Gasteiger partial charge >= 0.3 is 0 Å². The molecule has 19 heavy (non-hydrogen) atoms. The molecular formula is C15H21N3O. The first kappa shape index (κ1) is 12.5. The molecule has 2 aliphatic rings. The Morgan fingerprint density at radius 1 is 1.42 bits per heavy atom.